The standard InChI is InChI=1S/C13H16FNO/c1-8(2)5-10-11-6-9(14)3-4-12(11)16-13(10)7-15/h3-4,6,8H,5,7,15H2,1-2H3. The van der Waals surface area contributed by atoms with Gasteiger partial charge in [0.15, 0.2) is 0 Å². The molecular weight excluding hydrogens is 205 g/mol. The smallest absolute Gasteiger partial charge is 0.134 e. The Morgan fingerprint density at radius 3 is 2.75 bits per heavy atom. The second-order valence-electron chi connectivity index (χ2n) is 4.45. The Bertz CT molecular complexity index is 502. The zero-order valence-corrected chi connectivity index (χ0v) is 9.59. The molecule has 0 amide bonds. The largest absolute Gasteiger partial charge is 0.459 e. The molecule has 2 nitrogen and oxygen atoms in total. The number of hydrogen-bond donors (Lipinski definition) is 1. The maximum absolute atomic E-state index is 13.2. The van der Waals surface area contributed by atoms with E-state index in [-0.39, 0.29) is 5.82 Å². The highest BCUT2D eigenvalue weighted by molar-refractivity contribution is 5.82. The Kier molecular flexibility index (Phi) is 2.97. The highest BCUT2D eigenvalue weighted by Crippen LogP contribution is 2.28. The first-order valence-electron chi connectivity index (χ1n) is 5.51. The Labute approximate surface area is 94.2 Å². The van der Waals surface area contributed by atoms with E-state index in [2.05, 4.69) is 13.8 Å². The Morgan fingerprint density at radius 2 is 2.12 bits per heavy atom. The highest BCUT2D eigenvalue weighted by Gasteiger charge is 2.14. The van der Waals surface area contributed by atoms with Gasteiger partial charge in [-0.05, 0) is 30.5 Å². The van der Waals surface area contributed by atoms with Gasteiger partial charge in [-0.1, -0.05) is 13.8 Å². The van der Waals surface area contributed by atoms with Crippen molar-refractivity contribution < 1.29 is 8.81 Å². The Hall–Kier alpha value is -1.35. The topological polar surface area (TPSA) is 39.2 Å². The lowest BCUT2D eigenvalue weighted by Gasteiger charge is -2.04. The summed E-state index contributed by atoms with van der Waals surface area (Å²) in [6.07, 6.45) is 0.864. The lowest BCUT2D eigenvalue weighted by molar-refractivity contribution is 0.535. The van der Waals surface area contributed by atoms with Crippen molar-refractivity contribution in [1.29, 1.82) is 0 Å². The van der Waals surface area contributed by atoms with E-state index in [0.29, 0.717) is 12.5 Å². The van der Waals surface area contributed by atoms with Crippen molar-refractivity contribution in [3.05, 3.63) is 35.3 Å². The maximum Gasteiger partial charge on any atom is 0.134 e. The van der Waals surface area contributed by atoms with Crippen LogP contribution in [0.1, 0.15) is 25.2 Å². The SMILES string of the molecule is CC(C)Cc1c(CN)oc2ccc(F)cc12. The first kappa shape index (κ1) is 11.1. The van der Waals surface area contributed by atoms with Crippen LogP contribution < -0.4 is 5.73 Å². The summed E-state index contributed by atoms with van der Waals surface area (Å²) in [4.78, 5) is 0. The fourth-order valence-corrected chi connectivity index (χ4v) is 1.97. The second kappa shape index (κ2) is 4.26. The van der Waals surface area contributed by atoms with Crippen molar-refractivity contribution in [3.63, 3.8) is 0 Å². The number of furan rings is 1. The predicted octanol–water partition coefficient (Wildman–Crippen LogP) is 3.23. The summed E-state index contributed by atoms with van der Waals surface area (Å²) >= 11 is 0. The van der Waals surface area contributed by atoms with Gasteiger partial charge in [-0.2, -0.15) is 0 Å². The molecule has 2 rings (SSSR count). The monoisotopic (exact) mass is 221 g/mol. The van der Waals surface area contributed by atoms with Crippen LogP contribution in [0, 0.1) is 11.7 Å². The van der Waals surface area contributed by atoms with E-state index in [4.69, 9.17) is 10.2 Å². The van der Waals surface area contributed by atoms with Crippen LogP contribution in [0.3, 0.4) is 0 Å². The molecule has 0 aliphatic carbocycles. The van der Waals surface area contributed by atoms with Gasteiger partial charge in [0.05, 0.1) is 6.54 Å². The minimum absolute atomic E-state index is 0.234. The molecular formula is C13H16FNO. The molecule has 2 N–H and O–H groups in total. The molecule has 1 aromatic carbocycles. The molecule has 0 bridgehead atoms. The van der Waals surface area contributed by atoms with Crippen molar-refractivity contribution in [2.45, 2.75) is 26.8 Å². The van der Waals surface area contributed by atoms with E-state index in [0.717, 1.165) is 28.7 Å². The van der Waals surface area contributed by atoms with Crippen molar-refractivity contribution in [3.8, 4) is 0 Å². The summed E-state index contributed by atoms with van der Waals surface area (Å²) < 4.78 is 18.8. The van der Waals surface area contributed by atoms with Gasteiger partial charge in [0, 0.05) is 10.9 Å². The fourth-order valence-electron chi connectivity index (χ4n) is 1.97. The number of hydrogen-bond acceptors (Lipinski definition) is 2. The number of rotatable bonds is 3. The third kappa shape index (κ3) is 1.95. The van der Waals surface area contributed by atoms with Crippen molar-refractivity contribution in [2.75, 3.05) is 0 Å². The van der Waals surface area contributed by atoms with Crippen LogP contribution >= 0.6 is 0 Å². The molecule has 0 saturated heterocycles. The minimum atomic E-state index is -0.234. The van der Waals surface area contributed by atoms with Crippen LogP contribution in [0.4, 0.5) is 4.39 Å². The van der Waals surface area contributed by atoms with Crippen LogP contribution in [0.25, 0.3) is 11.0 Å². The van der Waals surface area contributed by atoms with Gasteiger partial charge in [-0.15, -0.1) is 0 Å². The summed E-state index contributed by atoms with van der Waals surface area (Å²) in [5.74, 6) is 1.03. The van der Waals surface area contributed by atoms with Crippen molar-refractivity contribution in [2.24, 2.45) is 11.7 Å². The molecule has 86 valence electrons. The van der Waals surface area contributed by atoms with Crippen molar-refractivity contribution >= 4 is 11.0 Å². The molecule has 1 aromatic heterocycles. The number of nitrogens with two attached hydrogens (primary N) is 1. The average Bonchev–Trinajstić information content (AvgIpc) is 2.56. The lowest BCUT2D eigenvalue weighted by Crippen LogP contribution is -2.01. The minimum Gasteiger partial charge on any atom is -0.459 e. The Morgan fingerprint density at radius 1 is 1.38 bits per heavy atom. The van der Waals surface area contributed by atoms with E-state index < -0.39 is 0 Å². The molecule has 0 fully saturated rings. The third-order valence-corrected chi connectivity index (χ3v) is 2.63. The maximum atomic E-state index is 13.2. The molecule has 0 unspecified atom stereocenters. The molecule has 0 spiro atoms. The van der Waals surface area contributed by atoms with Crippen molar-refractivity contribution in [1.82, 2.24) is 0 Å². The van der Waals surface area contributed by atoms with Crippen LogP contribution in [-0.4, -0.2) is 0 Å². The molecule has 3 heteroatoms. The molecule has 16 heavy (non-hydrogen) atoms. The molecule has 0 aliphatic heterocycles. The van der Waals surface area contributed by atoms with E-state index >= 15 is 0 Å². The van der Waals surface area contributed by atoms with E-state index in [9.17, 15) is 4.39 Å². The first-order valence-corrected chi connectivity index (χ1v) is 5.51. The number of halogens is 1. The molecule has 0 aliphatic rings. The molecule has 1 heterocycles. The number of fused-ring (bicyclic) bond motifs is 1. The third-order valence-electron chi connectivity index (χ3n) is 2.63. The normalized spacial score (nSPS) is 11.6. The molecule has 2 aromatic rings. The molecule has 0 radical (unpaired) electrons. The highest BCUT2D eigenvalue weighted by atomic mass is 19.1. The zero-order valence-electron chi connectivity index (χ0n) is 9.59. The zero-order chi connectivity index (χ0) is 11.7. The predicted molar refractivity (Wildman–Crippen MR) is 62.6 cm³/mol. The van der Waals surface area contributed by atoms with Crippen LogP contribution in [0.15, 0.2) is 22.6 Å². The Balaban J connectivity index is 2.60. The first-order chi connectivity index (χ1) is 7.61. The molecule has 0 atom stereocenters. The van der Waals surface area contributed by atoms with Crippen LogP contribution in [0.5, 0.6) is 0 Å². The number of benzene rings is 1. The fraction of sp³-hybridized carbons (Fsp3) is 0.385. The van der Waals surface area contributed by atoms with Gasteiger partial charge in [0.25, 0.3) is 0 Å². The van der Waals surface area contributed by atoms with E-state index in [1.807, 2.05) is 0 Å². The van der Waals surface area contributed by atoms with Gasteiger partial charge in [0.2, 0.25) is 0 Å². The molecule has 0 saturated carbocycles. The summed E-state index contributed by atoms with van der Waals surface area (Å²) in [6, 6.07) is 4.59. The average molecular weight is 221 g/mol. The van der Waals surface area contributed by atoms with Gasteiger partial charge in [-0.3, -0.25) is 0 Å². The van der Waals surface area contributed by atoms with Crippen LogP contribution in [-0.2, 0) is 13.0 Å². The quantitative estimate of drug-likeness (QED) is 0.864. The summed E-state index contributed by atoms with van der Waals surface area (Å²) in [5, 5.41) is 0.856. The lowest BCUT2D eigenvalue weighted by atomic mass is 10.00. The summed E-state index contributed by atoms with van der Waals surface area (Å²) in [7, 11) is 0. The van der Waals surface area contributed by atoms with Gasteiger partial charge in [-0.25, -0.2) is 4.39 Å². The second-order valence-corrected chi connectivity index (χ2v) is 4.45. The summed E-state index contributed by atoms with van der Waals surface area (Å²) in [6.45, 7) is 4.61. The van der Waals surface area contributed by atoms with Gasteiger partial charge in [0.1, 0.15) is 17.2 Å². The van der Waals surface area contributed by atoms with E-state index in [1.54, 1.807) is 6.07 Å². The summed E-state index contributed by atoms with van der Waals surface area (Å²) in [5.41, 5.74) is 7.41. The van der Waals surface area contributed by atoms with Crippen LogP contribution in [0.2, 0.25) is 0 Å². The van der Waals surface area contributed by atoms with Gasteiger partial charge < -0.3 is 10.2 Å². The van der Waals surface area contributed by atoms with Gasteiger partial charge >= 0.3 is 0 Å². The van der Waals surface area contributed by atoms with E-state index in [1.165, 1.54) is 12.1 Å².